The van der Waals surface area contributed by atoms with E-state index in [0.29, 0.717) is 17.2 Å². The Labute approximate surface area is 163 Å². The summed E-state index contributed by atoms with van der Waals surface area (Å²) in [6.45, 7) is 1.78. The van der Waals surface area contributed by atoms with E-state index in [1.165, 1.54) is 31.6 Å². The van der Waals surface area contributed by atoms with Crippen molar-refractivity contribution in [2.24, 2.45) is 0 Å². The van der Waals surface area contributed by atoms with E-state index < -0.39 is 15.9 Å². The lowest BCUT2D eigenvalue weighted by molar-refractivity contribution is 0.0935. The van der Waals surface area contributed by atoms with Crippen molar-refractivity contribution in [2.75, 3.05) is 11.8 Å². The minimum atomic E-state index is -3.90. The second-order valence-electron chi connectivity index (χ2n) is 6.04. The third-order valence-corrected chi connectivity index (χ3v) is 5.44. The van der Waals surface area contributed by atoms with Crippen LogP contribution in [0.1, 0.15) is 29.1 Å². The van der Waals surface area contributed by atoms with E-state index >= 15 is 0 Å². The summed E-state index contributed by atoms with van der Waals surface area (Å²) in [6.07, 6.45) is 1.52. The van der Waals surface area contributed by atoms with Gasteiger partial charge in [0.2, 0.25) is 0 Å². The molecular weight excluding hydrogens is 380 g/mol. The molecule has 28 heavy (non-hydrogen) atoms. The predicted octanol–water partition coefficient (Wildman–Crippen LogP) is 3.58. The summed E-state index contributed by atoms with van der Waals surface area (Å²) in [5, 5.41) is 2.78. The number of para-hydroxylation sites is 2. The van der Waals surface area contributed by atoms with E-state index in [-0.39, 0.29) is 16.5 Å². The fourth-order valence-corrected chi connectivity index (χ4v) is 3.74. The van der Waals surface area contributed by atoms with Gasteiger partial charge >= 0.3 is 0 Å². The Balaban J connectivity index is 1.80. The van der Waals surface area contributed by atoms with Gasteiger partial charge in [0.1, 0.15) is 11.5 Å². The smallest absolute Gasteiger partial charge is 0.262 e. The average molecular weight is 400 g/mol. The number of rotatable bonds is 7. The molecule has 0 aliphatic rings. The third-order valence-electron chi connectivity index (χ3n) is 4.08. The van der Waals surface area contributed by atoms with Crippen LogP contribution in [0.3, 0.4) is 0 Å². The minimum Gasteiger partial charge on any atom is -0.495 e. The van der Waals surface area contributed by atoms with Gasteiger partial charge in [-0.2, -0.15) is 0 Å². The van der Waals surface area contributed by atoms with Crippen LogP contribution in [0, 0.1) is 0 Å². The second-order valence-corrected chi connectivity index (χ2v) is 7.73. The first-order chi connectivity index (χ1) is 13.4. The molecule has 0 fully saturated rings. The number of carbonyl (C=O) groups is 1. The normalized spacial score (nSPS) is 12.2. The van der Waals surface area contributed by atoms with Gasteiger partial charge < -0.3 is 14.5 Å². The number of methoxy groups -OCH3 is 1. The van der Waals surface area contributed by atoms with Crippen LogP contribution in [0.25, 0.3) is 0 Å². The van der Waals surface area contributed by atoms with Crippen molar-refractivity contribution in [2.45, 2.75) is 17.9 Å². The Morgan fingerprint density at radius 2 is 1.86 bits per heavy atom. The lowest BCUT2D eigenvalue weighted by Crippen LogP contribution is -2.26. The quantitative estimate of drug-likeness (QED) is 0.632. The Hall–Kier alpha value is -3.26. The van der Waals surface area contributed by atoms with Crippen LogP contribution in [-0.2, 0) is 10.0 Å². The zero-order chi connectivity index (χ0) is 20.1. The topological polar surface area (TPSA) is 97.6 Å². The zero-order valence-electron chi connectivity index (χ0n) is 15.4. The number of hydrogen-bond donors (Lipinski definition) is 2. The molecule has 0 spiro atoms. The highest BCUT2D eigenvalue weighted by Crippen LogP contribution is 2.26. The van der Waals surface area contributed by atoms with Gasteiger partial charge in [0.05, 0.1) is 30.0 Å². The number of anilines is 1. The average Bonchev–Trinajstić information content (AvgIpc) is 3.23. The molecule has 1 aromatic heterocycles. The Morgan fingerprint density at radius 3 is 2.57 bits per heavy atom. The van der Waals surface area contributed by atoms with Crippen molar-refractivity contribution in [3.63, 3.8) is 0 Å². The molecule has 146 valence electrons. The Kier molecular flexibility index (Phi) is 5.70. The van der Waals surface area contributed by atoms with Crippen LogP contribution >= 0.6 is 0 Å². The van der Waals surface area contributed by atoms with Gasteiger partial charge in [-0.25, -0.2) is 8.42 Å². The summed E-state index contributed by atoms with van der Waals surface area (Å²) in [4.78, 5) is 12.5. The first-order valence-corrected chi connectivity index (χ1v) is 9.99. The summed E-state index contributed by atoms with van der Waals surface area (Å²) in [6, 6.07) is 15.6. The number of carbonyl (C=O) groups excluding carboxylic acids is 1. The van der Waals surface area contributed by atoms with Crippen molar-refractivity contribution in [3.8, 4) is 5.75 Å². The van der Waals surface area contributed by atoms with Gasteiger partial charge in [0, 0.05) is 5.56 Å². The lowest BCUT2D eigenvalue weighted by atomic mass is 10.2. The predicted molar refractivity (Wildman–Crippen MR) is 105 cm³/mol. The largest absolute Gasteiger partial charge is 0.495 e. The van der Waals surface area contributed by atoms with Gasteiger partial charge in [0.15, 0.2) is 0 Å². The number of furan rings is 1. The van der Waals surface area contributed by atoms with E-state index in [0.717, 1.165) is 0 Å². The molecule has 0 aliphatic heterocycles. The van der Waals surface area contributed by atoms with Crippen LogP contribution in [0.5, 0.6) is 5.75 Å². The van der Waals surface area contributed by atoms with E-state index in [2.05, 4.69) is 10.0 Å². The standard InChI is InChI=1S/C20H20N2O5S/c1-14(18-11-6-12-27-18)21-20(23)15-7-5-8-16(13-15)28(24,25)22-17-9-3-4-10-19(17)26-2/h3-14,22H,1-2H3,(H,21,23)/t14-/m0/s1. The molecule has 1 amide bonds. The molecule has 2 aromatic carbocycles. The molecule has 3 rings (SSSR count). The highest BCUT2D eigenvalue weighted by atomic mass is 32.2. The number of nitrogens with one attached hydrogen (secondary N) is 2. The van der Waals surface area contributed by atoms with Crippen LogP contribution in [0.4, 0.5) is 5.69 Å². The Bertz CT molecular complexity index is 1060. The minimum absolute atomic E-state index is 0.0308. The maximum Gasteiger partial charge on any atom is 0.262 e. The highest BCUT2D eigenvalue weighted by Gasteiger charge is 2.19. The van der Waals surface area contributed by atoms with Gasteiger partial charge in [-0.15, -0.1) is 0 Å². The molecule has 1 heterocycles. The van der Waals surface area contributed by atoms with Gasteiger partial charge in [0.25, 0.3) is 15.9 Å². The van der Waals surface area contributed by atoms with Crippen molar-refractivity contribution in [1.29, 1.82) is 0 Å². The number of sulfonamides is 1. The second kappa shape index (κ2) is 8.18. The van der Waals surface area contributed by atoms with Gasteiger partial charge in [-0.1, -0.05) is 18.2 Å². The summed E-state index contributed by atoms with van der Waals surface area (Å²) in [5.74, 6) is 0.598. The molecule has 0 unspecified atom stereocenters. The van der Waals surface area contributed by atoms with Crippen LogP contribution in [0.2, 0.25) is 0 Å². The summed E-state index contributed by atoms with van der Waals surface area (Å²) < 4.78 is 38.4. The first-order valence-electron chi connectivity index (χ1n) is 8.51. The van der Waals surface area contributed by atoms with E-state index in [9.17, 15) is 13.2 Å². The van der Waals surface area contributed by atoms with Crippen LogP contribution in [0.15, 0.2) is 76.2 Å². The maximum atomic E-state index is 12.7. The van der Waals surface area contributed by atoms with Gasteiger partial charge in [-0.3, -0.25) is 9.52 Å². The van der Waals surface area contributed by atoms with Crippen molar-refractivity contribution < 1.29 is 22.4 Å². The number of ether oxygens (including phenoxy) is 1. The van der Waals surface area contributed by atoms with Gasteiger partial charge in [-0.05, 0) is 49.4 Å². The molecule has 0 bridgehead atoms. The maximum absolute atomic E-state index is 12.7. The van der Waals surface area contributed by atoms with Crippen LogP contribution < -0.4 is 14.8 Å². The fourth-order valence-electron chi connectivity index (χ4n) is 2.63. The summed E-state index contributed by atoms with van der Waals surface area (Å²) in [7, 11) is -2.45. The Morgan fingerprint density at radius 1 is 1.07 bits per heavy atom. The molecule has 0 saturated heterocycles. The molecular formula is C20H20N2O5S. The molecule has 2 N–H and O–H groups in total. The molecule has 1 atom stereocenters. The highest BCUT2D eigenvalue weighted by molar-refractivity contribution is 7.92. The van der Waals surface area contributed by atoms with E-state index in [1.807, 2.05) is 0 Å². The summed E-state index contributed by atoms with van der Waals surface area (Å²) in [5.41, 5.74) is 0.535. The van der Waals surface area contributed by atoms with E-state index in [1.54, 1.807) is 49.4 Å². The molecule has 8 heteroatoms. The molecule has 0 aliphatic carbocycles. The molecule has 0 saturated carbocycles. The van der Waals surface area contributed by atoms with Crippen LogP contribution in [-0.4, -0.2) is 21.4 Å². The lowest BCUT2D eigenvalue weighted by Gasteiger charge is -2.13. The number of amides is 1. The molecule has 7 nitrogen and oxygen atoms in total. The van der Waals surface area contributed by atoms with Crippen molar-refractivity contribution in [3.05, 3.63) is 78.3 Å². The number of benzene rings is 2. The third kappa shape index (κ3) is 4.34. The molecule has 0 radical (unpaired) electrons. The molecule has 3 aromatic rings. The van der Waals surface area contributed by atoms with Crippen molar-refractivity contribution >= 4 is 21.6 Å². The first kappa shape index (κ1) is 19.5. The number of hydrogen-bond acceptors (Lipinski definition) is 5. The monoisotopic (exact) mass is 400 g/mol. The van der Waals surface area contributed by atoms with Crippen molar-refractivity contribution in [1.82, 2.24) is 5.32 Å². The SMILES string of the molecule is COc1ccccc1NS(=O)(=O)c1cccc(C(=O)N[C@@H](C)c2ccco2)c1. The summed E-state index contributed by atoms with van der Waals surface area (Å²) >= 11 is 0. The van der Waals surface area contributed by atoms with E-state index in [4.69, 9.17) is 9.15 Å². The fraction of sp³-hybridized carbons (Fsp3) is 0.150. The zero-order valence-corrected chi connectivity index (χ0v) is 16.2.